The molecule has 0 radical (unpaired) electrons. The first-order valence-corrected chi connectivity index (χ1v) is 12.1. The van der Waals surface area contributed by atoms with Crippen LogP contribution in [0.2, 0.25) is 0 Å². The van der Waals surface area contributed by atoms with Crippen LogP contribution in [0, 0.1) is 5.82 Å². The number of carbonyl (C=O) groups excluding carboxylic acids is 1. The van der Waals surface area contributed by atoms with Gasteiger partial charge in [-0.1, -0.05) is 66.4 Å². The number of benzene rings is 3. The summed E-state index contributed by atoms with van der Waals surface area (Å²) >= 11 is 1.26. The molecule has 3 aromatic carbocycles. The minimum absolute atomic E-state index is 0.139. The van der Waals surface area contributed by atoms with Crippen LogP contribution in [0.15, 0.2) is 88.8 Å². The fourth-order valence-corrected chi connectivity index (χ4v) is 4.68. The number of carbonyl (C=O) groups is 1. The number of thioether (sulfide) groups is 1. The molecule has 5 rings (SSSR count). The number of nitrogens with zero attached hydrogens (tertiary/aromatic N) is 4. The summed E-state index contributed by atoms with van der Waals surface area (Å²) in [7, 11) is 0. The van der Waals surface area contributed by atoms with Crippen molar-refractivity contribution in [1.82, 2.24) is 24.5 Å². The molecule has 176 valence electrons. The van der Waals surface area contributed by atoms with Crippen molar-refractivity contribution in [2.45, 2.75) is 18.1 Å². The van der Waals surface area contributed by atoms with Gasteiger partial charge in [0.2, 0.25) is 11.7 Å². The highest BCUT2D eigenvalue weighted by Gasteiger charge is 2.17. The fraction of sp³-hybridized carbons (Fsp3) is 0.154. The second-order valence-corrected chi connectivity index (χ2v) is 8.97. The molecule has 0 atom stereocenters. The number of rotatable bonds is 8. The van der Waals surface area contributed by atoms with Gasteiger partial charge in [0.1, 0.15) is 5.82 Å². The Morgan fingerprint density at radius 2 is 1.66 bits per heavy atom. The molecule has 7 nitrogen and oxygen atoms in total. The van der Waals surface area contributed by atoms with Gasteiger partial charge in [0.15, 0.2) is 5.16 Å². The molecule has 9 heteroatoms. The number of para-hydroxylation sites is 1. The Labute approximate surface area is 204 Å². The summed E-state index contributed by atoms with van der Waals surface area (Å²) in [5.41, 5.74) is 2.48. The summed E-state index contributed by atoms with van der Waals surface area (Å²) in [4.78, 5) is 25.7. The number of nitrogens with one attached hydrogen (secondary N) is 1. The SMILES string of the molecule is O=C(CSc1nnc2n(Cc3ccccc3)c(=O)c3ccccc3n12)NCCc1ccc(F)cc1. The van der Waals surface area contributed by atoms with Gasteiger partial charge in [-0.05, 0) is 41.8 Å². The molecule has 0 aliphatic rings. The van der Waals surface area contributed by atoms with Gasteiger partial charge in [0.25, 0.3) is 5.56 Å². The number of hydrogen-bond donors (Lipinski definition) is 1. The fourth-order valence-electron chi connectivity index (χ4n) is 3.91. The van der Waals surface area contributed by atoms with Gasteiger partial charge in [-0.2, -0.15) is 0 Å². The molecule has 0 unspecified atom stereocenters. The maximum atomic E-state index is 13.3. The van der Waals surface area contributed by atoms with Crippen LogP contribution in [0.1, 0.15) is 11.1 Å². The number of hydrogen-bond acceptors (Lipinski definition) is 5. The molecule has 1 amide bonds. The zero-order valence-corrected chi connectivity index (χ0v) is 19.5. The summed E-state index contributed by atoms with van der Waals surface area (Å²) < 4.78 is 16.5. The highest BCUT2D eigenvalue weighted by atomic mass is 32.2. The third kappa shape index (κ3) is 4.95. The largest absolute Gasteiger partial charge is 0.355 e. The summed E-state index contributed by atoms with van der Waals surface area (Å²) in [6.07, 6.45) is 0.612. The van der Waals surface area contributed by atoms with E-state index in [2.05, 4.69) is 15.5 Å². The molecule has 0 saturated carbocycles. The van der Waals surface area contributed by atoms with E-state index in [4.69, 9.17) is 0 Å². The predicted molar refractivity (Wildman–Crippen MR) is 134 cm³/mol. The molecule has 2 aromatic heterocycles. The first-order chi connectivity index (χ1) is 17.1. The Morgan fingerprint density at radius 1 is 0.914 bits per heavy atom. The van der Waals surface area contributed by atoms with Crippen molar-refractivity contribution in [3.63, 3.8) is 0 Å². The summed E-state index contributed by atoms with van der Waals surface area (Å²) in [6.45, 7) is 0.811. The predicted octanol–water partition coefficient (Wildman–Crippen LogP) is 3.68. The lowest BCUT2D eigenvalue weighted by atomic mass is 10.1. The molecule has 0 saturated heterocycles. The van der Waals surface area contributed by atoms with Gasteiger partial charge in [-0.25, -0.2) is 4.39 Å². The van der Waals surface area contributed by atoms with Gasteiger partial charge in [0.05, 0.1) is 23.2 Å². The van der Waals surface area contributed by atoms with Crippen LogP contribution in [-0.4, -0.2) is 37.4 Å². The second kappa shape index (κ2) is 10.1. The van der Waals surface area contributed by atoms with E-state index in [1.807, 2.05) is 52.9 Å². The molecule has 35 heavy (non-hydrogen) atoms. The minimum atomic E-state index is -0.281. The summed E-state index contributed by atoms with van der Waals surface area (Å²) in [5.74, 6) is 0.153. The molecule has 2 heterocycles. The molecule has 5 aromatic rings. The second-order valence-electron chi connectivity index (χ2n) is 8.03. The van der Waals surface area contributed by atoms with Gasteiger partial charge in [-0.3, -0.25) is 18.6 Å². The standard InChI is InChI=1S/C26H22FN5O2S/c27-20-12-10-18(11-13-20)14-15-28-23(33)17-35-26-30-29-25-31(16-19-6-2-1-3-7-19)24(34)21-8-4-5-9-22(21)32(25)26/h1-13H,14-17H2,(H,28,33). The zero-order valence-electron chi connectivity index (χ0n) is 18.7. The van der Waals surface area contributed by atoms with Crippen molar-refractivity contribution < 1.29 is 9.18 Å². The first kappa shape index (κ1) is 22.8. The normalized spacial score (nSPS) is 11.2. The Morgan fingerprint density at radius 3 is 2.46 bits per heavy atom. The van der Waals surface area contributed by atoms with Crippen molar-refractivity contribution >= 4 is 34.3 Å². The molecular formula is C26H22FN5O2S. The lowest BCUT2D eigenvalue weighted by Crippen LogP contribution is -2.27. The van der Waals surface area contributed by atoms with E-state index in [0.717, 1.165) is 11.1 Å². The van der Waals surface area contributed by atoms with Crippen LogP contribution in [0.4, 0.5) is 4.39 Å². The highest BCUT2D eigenvalue weighted by molar-refractivity contribution is 7.99. The molecule has 1 N–H and O–H groups in total. The van der Waals surface area contributed by atoms with E-state index in [-0.39, 0.29) is 23.0 Å². The van der Waals surface area contributed by atoms with Crippen molar-refractivity contribution in [1.29, 1.82) is 0 Å². The average molecular weight is 488 g/mol. The van der Waals surface area contributed by atoms with E-state index in [1.165, 1.54) is 23.9 Å². The van der Waals surface area contributed by atoms with Crippen LogP contribution >= 0.6 is 11.8 Å². The molecule has 0 fully saturated rings. The quantitative estimate of drug-likeness (QED) is 0.338. The summed E-state index contributed by atoms with van der Waals surface area (Å²) in [6, 6.07) is 23.3. The minimum Gasteiger partial charge on any atom is -0.355 e. The Kier molecular flexibility index (Phi) is 6.58. The maximum absolute atomic E-state index is 13.3. The van der Waals surface area contributed by atoms with E-state index in [1.54, 1.807) is 22.8 Å². The Bertz CT molecular complexity index is 1550. The lowest BCUT2D eigenvalue weighted by molar-refractivity contribution is -0.118. The van der Waals surface area contributed by atoms with Crippen molar-refractivity contribution in [2.75, 3.05) is 12.3 Å². The molecule has 0 aliphatic heterocycles. The van der Waals surface area contributed by atoms with Gasteiger partial charge < -0.3 is 5.32 Å². The Hall–Kier alpha value is -3.98. The number of halogens is 1. The molecule has 0 bridgehead atoms. The van der Waals surface area contributed by atoms with Gasteiger partial charge >= 0.3 is 0 Å². The third-order valence-corrected chi connectivity index (χ3v) is 6.57. The van der Waals surface area contributed by atoms with Crippen LogP contribution in [-0.2, 0) is 17.8 Å². The molecule has 0 aliphatic carbocycles. The molecular weight excluding hydrogens is 465 g/mol. The van der Waals surface area contributed by atoms with Crippen molar-refractivity contribution in [2.24, 2.45) is 0 Å². The number of fused-ring (bicyclic) bond motifs is 3. The van der Waals surface area contributed by atoms with Crippen molar-refractivity contribution in [3.05, 3.63) is 106 Å². The van der Waals surface area contributed by atoms with E-state index >= 15 is 0 Å². The van der Waals surface area contributed by atoms with Crippen LogP contribution in [0.5, 0.6) is 0 Å². The zero-order chi connectivity index (χ0) is 24.2. The first-order valence-electron chi connectivity index (χ1n) is 11.1. The van der Waals surface area contributed by atoms with Crippen LogP contribution in [0.25, 0.3) is 16.7 Å². The van der Waals surface area contributed by atoms with Crippen LogP contribution in [0.3, 0.4) is 0 Å². The van der Waals surface area contributed by atoms with Gasteiger partial charge in [-0.15, -0.1) is 10.2 Å². The average Bonchev–Trinajstić information content (AvgIpc) is 3.31. The maximum Gasteiger partial charge on any atom is 0.263 e. The lowest BCUT2D eigenvalue weighted by Gasteiger charge is -2.11. The van der Waals surface area contributed by atoms with Crippen molar-refractivity contribution in [3.8, 4) is 0 Å². The summed E-state index contributed by atoms with van der Waals surface area (Å²) in [5, 5.41) is 12.6. The van der Waals surface area contributed by atoms with Crippen LogP contribution < -0.4 is 10.9 Å². The third-order valence-electron chi connectivity index (χ3n) is 5.64. The smallest absolute Gasteiger partial charge is 0.263 e. The van der Waals surface area contributed by atoms with E-state index in [9.17, 15) is 14.0 Å². The topological polar surface area (TPSA) is 81.3 Å². The molecule has 0 spiro atoms. The van der Waals surface area contributed by atoms with E-state index in [0.29, 0.717) is 41.3 Å². The number of aromatic nitrogens is 4. The highest BCUT2D eigenvalue weighted by Crippen LogP contribution is 2.22. The number of amides is 1. The van der Waals surface area contributed by atoms with E-state index < -0.39 is 0 Å². The van der Waals surface area contributed by atoms with Gasteiger partial charge in [0, 0.05) is 6.54 Å². The Balaban J connectivity index is 1.36. The monoisotopic (exact) mass is 487 g/mol.